The lowest BCUT2D eigenvalue weighted by atomic mass is 9.96. The van der Waals surface area contributed by atoms with E-state index in [-0.39, 0.29) is 38.5 Å². The van der Waals surface area contributed by atoms with Crippen molar-refractivity contribution >= 4 is 39.0 Å². The minimum atomic E-state index is -1.43. The molecule has 0 spiro atoms. The maximum absolute atomic E-state index is 14.9. The third kappa shape index (κ3) is 4.11. The van der Waals surface area contributed by atoms with E-state index in [4.69, 9.17) is 10.5 Å². The minimum absolute atomic E-state index is 0.0366. The first-order valence-corrected chi connectivity index (χ1v) is 11.6. The van der Waals surface area contributed by atoms with Gasteiger partial charge in [-0.05, 0) is 49.7 Å². The normalized spacial score (nSPS) is 14.3. The third-order valence-corrected chi connectivity index (χ3v) is 6.99. The Morgan fingerprint density at radius 1 is 1.26 bits per heavy atom. The molecule has 3 aromatic heterocycles. The minimum Gasteiger partial charge on any atom is -0.494 e. The molecule has 11 heteroatoms. The van der Waals surface area contributed by atoms with Crippen LogP contribution in [0.1, 0.15) is 35.8 Å². The number of anilines is 2. The van der Waals surface area contributed by atoms with E-state index in [1.807, 2.05) is 0 Å². The SMILES string of the molecule is CC(C)(O)c1cc(F)c(-c2cc(C(N)=O)c(Nc3ccc4c(O)n(C5COC5)cc4n3)s2)c(F)c1. The van der Waals surface area contributed by atoms with Crippen LogP contribution < -0.4 is 11.1 Å². The number of pyridine rings is 1. The molecular formula is C24H22F2N4O4S. The van der Waals surface area contributed by atoms with E-state index in [2.05, 4.69) is 10.3 Å². The lowest BCUT2D eigenvalue weighted by molar-refractivity contribution is -0.0255. The number of nitrogens with one attached hydrogen (secondary N) is 1. The Balaban J connectivity index is 1.51. The van der Waals surface area contributed by atoms with E-state index in [1.165, 1.54) is 19.9 Å². The molecule has 5 rings (SSSR count). The number of thiophene rings is 1. The first kappa shape index (κ1) is 23.2. The molecule has 182 valence electrons. The highest BCUT2D eigenvalue weighted by Crippen LogP contribution is 2.40. The van der Waals surface area contributed by atoms with Gasteiger partial charge in [0.05, 0.1) is 46.9 Å². The van der Waals surface area contributed by atoms with Crippen LogP contribution in [-0.2, 0) is 10.3 Å². The number of carbonyl (C=O) groups is 1. The van der Waals surface area contributed by atoms with Gasteiger partial charge in [-0.3, -0.25) is 4.79 Å². The third-order valence-electron chi connectivity index (χ3n) is 5.92. The van der Waals surface area contributed by atoms with Crippen molar-refractivity contribution in [3.63, 3.8) is 0 Å². The molecule has 0 radical (unpaired) electrons. The summed E-state index contributed by atoms with van der Waals surface area (Å²) in [4.78, 5) is 16.7. The van der Waals surface area contributed by atoms with Crippen LogP contribution in [0.4, 0.5) is 19.6 Å². The van der Waals surface area contributed by atoms with Crippen molar-refractivity contribution in [1.82, 2.24) is 9.55 Å². The summed E-state index contributed by atoms with van der Waals surface area (Å²) in [6, 6.07) is 6.78. The Hall–Kier alpha value is -3.54. The predicted molar refractivity (Wildman–Crippen MR) is 128 cm³/mol. The van der Waals surface area contributed by atoms with Crippen molar-refractivity contribution in [3.8, 4) is 16.3 Å². The van der Waals surface area contributed by atoms with Crippen molar-refractivity contribution < 1.29 is 28.5 Å². The average molecular weight is 501 g/mol. The molecule has 1 amide bonds. The summed E-state index contributed by atoms with van der Waals surface area (Å²) in [5, 5.41) is 24.4. The number of hydrogen-bond donors (Lipinski definition) is 4. The molecule has 1 saturated heterocycles. The maximum atomic E-state index is 14.9. The molecule has 5 N–H and O–H groups in total. The number of nitrogens with zero attached hydrogens (tertiary/aromatic N) is 2. The number of nitrogens with two attached hydrogens (primary N) is 1. The smallest absolute Gasteiger partial charge is 0.251 e. The molecule has 8 nitrogen and oxygen atoms in total. The van der Waals surface area contributed by atoms with Gasteiger partial charge in [-0.25, -0.2) is 13.8 Å². The number of amides is 1. The molecular weight excluding hydrogens is 478 g/mol. The van der Waals surface area contributed by atoms with Crippen LogP contribution in [0.2, 0.25) is 0 Å². The second kappa shape index (κ2) is 8.29. The van der Waals surface area contributed by atoms with Crippen LogP contribution >= 0.6 is 11.3 Å². The fourth-order valence-electron chi connectivity index (χ4n) is 3.89. The van der Waals surface area contributed by atoms with Crippen molar-refractivity contribution in [2.24, 2.45) is 5.73 Å². The lowest BCUT2D eigenvalue weighted by Gasteiger charge is -2.27. The zero-order valence-corrected chi connectivity index (χ0v) is 19.6. The summed E-state index contributed by atoms with van der Waals surface area (Å²) in [5.74, 6) is -2.08. The Kier molecular flexibility index (Phi) is 5.50. The number of hydrogen-bond acceptors (Lipinski definition) is 7. The second-order valence-corrected chi connectivity index (χ2v) is 9.95. The van der Waals surface area contributed by atoms with Crippen LogP contribution in [0.25, 0.3) is 21.3 Å². The highest BCUT2D eigenvalue weighted by Gasteiger charge is 2.26. The number of aromatic hydroxyl groups is 1. The largest absolute Gasteiger partial charge is 0.494 e. The quantitative estimate of drug-likeness (QED) is 0.312. The number of benzene rings is 1. The first-order chi connectivity index (χ1) is 16.5. The summed E-state index contributed by atoms with van der Waals surface area (Å²) in [6.07, 6.45) is 1.72. The van der Waals surface area contributed by atoms with Crippen LogP contribution in [0.15, 0.2) is 36.5 Å². The highest BCUT2D eigenvalue weighted by atomic mass is 32.1. The summed E-state index contributed by atoms with van der Waals surface area (Å²) < 4.78 is 36.6. The molecule has 1 aromatic carbocycles. The Bertz CT molecular complexity index is 1450. The molecule has 1 aliphatic rings. The fourth-order valence-corrected chi connectivity index (χ4v) is 5.01. The molecule has 0 unspecified atom stereocenters. The van der Waals surface area contributed by atoms with Crippen LogP contribution in [0.3, 0.4) is 0 Å². The average Bonchev–Trinajstić information content (AvgIpc) is 3.27. The van der Waals surface area contributed by atoms with Gasteiger partial charge in [-0.1, -0.05) is 0 Å². The molecule has 0 saturated carbocycles. The first-order valence-electron chi connectivity index (χ1n) is 10.7. The standard InChI is InChI=1S/C24H22F2N4O4S/c1-24(2,33)11-5-15(25)20(16(26)6-11)18-7-14(21(27)31)22(35-18)29-19-4-3-13-17(28-19)8-30(23(13)32)12-9-34-10-12/h3-8,12,32-33H,9-10H2,1-2H3,(H2,27,31)(H,28,29). The number of ether oxygens (including phenoxy) is 1. The lowest BCUT2D eigenvalue weighted by Crippen LogP contribution is -2.29. The van der Waals surface area contributed by atoms with Gasteiger partial charge in [0, 0.05) is 11.1 Å². The molecule has 4 heterocycles. The number of rotatable bonds is 6. The van der Waals surface area contributed by atoms with Crippen LogP contribution in [0.5, 0.6) is 5.88 Å². The monoisotopic (exact) mass is 500 g/mol. The van der Waals surface area contributed by atoms with Crippen molar-refractivity contribution in [1.29, 1.82) is 0 Å². The van der Waals surface area contributed by atoms with Gasteiger partial charge in [0.1, 0.15) is 22.5 Å². The topological polar surface area (TPSA) is 123 Å². The van der Waals surface area contributed by atoms with Gasteiger partial charge in [-0.2, -0.15) is 0 Å². The van der Waals surface area contributed by atoms with E-state index >= 15 is 0 Å². The van der Waals surface area contributed by atoms with Crippen LogP contribution in [-0.4, -0.2) is 38.9 Å². The Labute approximate surface area is 202 Å². The van der Waals surface area contributed by atoms with Gasteiger partial charge in [-0.15, -0.1) is 11.3 Å². The van der Waals surface area contributed by atoms with E-state index in [9.17, 15) is 23.8 Å². The summed E-state index contributed by atoms with van der Waals surface area (Å²) in [6.45, 7) is 3.86. The fraction of sp³-hybridized carbons (Fsp3) is 0.250. The molecule has 0 bridgehead atoms. The van der Waals surface area contributed by atoms with Gasteiger partial charge in [0.25, 0.3) is 5.91 Å². The molecule has 4 aromatic rings. The van der Waals surface area contributed by atoms with Gasteiger partial charge in [0.15, 0.2) is 0 Å². The van der Waals surface area contributed by atoms with Crippen LogP contribution in [0, 0.1) is 11.6 Å². The molecule has 35 heavy (non-hydrogen) atoms. The summed E-state index contributed by atoms with van der Waals surface area (Å²) >= 11 is 0.943. The molecule has 1 aliphatic heterocycles. The number of carbonyl (C=O) groups excluding carboxylic acids is 1. The summed E-state index contributed by atoms with van der Waals surface area (Å²) in [7, 11) is 0. The van der Waals surface area contributed by atoms with E-state index in [0.717, 1.165) is 23.5 Å². The number of aliphatic hydroxyl groups is 1. The predicted octanol–water partition coefficient (Wildman–Crippen LogP) is 4.39. The zero-order valence-electron chi connectivity index (χ0n) is 18.8. The second-order valence-electron chi connectivity index (χ2n) is 8.90. The maximum Gasteiger partial charge on any atom is 0.251 e. The van der Waals surface area contributed by atoms with E-state index in [1.54, 1.807) is 22.9 Å². The number of fused-ring (bicyclic) bond motifs is 1. The number of aromatic nitrogens is 2. The summed E-state index contributed by atoms with van der Waals surface area (Å²) in [5.41, 5.74) is 4.43. The Morgan fingerprint density at radius 2 is 1.94 bits per heavy atom. The van der Waals surface area contributed by atoms with Crippen molar-refractivity contribution in [2.75, 3.05) is 18.5 Å². The molecule has 0 atom stereocenters. The van der Waals surface area contributed by atoms with Gasteiger partial charge < -0.3 is 30.6 Å². The number of halogens is 2. The molecule has 0 aliphatic carbocycles. The Morgan fingerprint density at radius 3 is 2.51 bits per heavy atom. The van der Waals surface area contributed by atoms with Gasteiger partial charge >= 0.3 is 0 Å². The van der Waals surface area contributed by atoms with E-state index in [0.29, 0.717) is 29.9 Å². The number of primary amides is 1. The van der Waals surface area contributed by atoms with Crippen molar-refractivity contribution in [3.05, 3.63) is 59.3 Å². The zero-order chi connectivity index (χ0) is 25.1. The molecule has 1 fully saturated rings. The highest BCUT2D eigenvalue weighted by molar-refractivity contribution is 7.20. The van der Waals surface area contributed by atoms with E-state index < -0.39 is 23.1 Å². The van der Waals surface area contributed by atoms with Crippen molar-refractivity contribution in [2.45, 2.75) is 25.5 Å². The van der Waals surface area contributed by atoms with Gasteiger partial charge in [0.2, 0.25) is 5.88 Å².